The molecule has 606 valence electrons. The first-order chi connectivity index (χ1) is 49.4. The van der Waals surface area contributed by atoms with E-state index in [4.69, 9.17) is 37.0 Å². The minimum atomic E-state index is -4.96. The SMILES string of the molecule is CCCCCCCCCCCCCCCCCCC(=O)O[C@H](COC(=O)CCCCCCC)COP(=O)(O)OC[C@H](O)COP(=O)(O)OC[C@@H](COC(=O)CCCCCCCCCCCCCCCCCCC(C)C)OC(=O)CCCCCCCCCCCCCCCCCCCCC(C)CC. The summed E-state index contributed by atoms with van der Waals surface area (Å²) in [4.78, 5) is 72.8. The van der Waals surface area contributed by atoms with Crippen LogP contribution >= 0.6 is 15.6 Å². The minimum absolute atomic E-state index is 0.108. The Morgan fingerprint density at radius 3 is 0.745 bits per heavy atom. The molecule has 0 heterocycles. The van der Waals surface area contributed by atoms with Crippen LogP contribution in [0, 0.1) is 11.8 Å². The van der Waals surface area contributed by atoms with Crippen molar-refractivity contribution in [1.29, 1.82) is 0 Å². The van der Waals surface area contributed by atoms with Crippen LogP contribution in [0.3, 0.4) is 0 Å². The number of unbranched alkanes of at least 4 members (excludes halogenated alkanes) is 51. The highest BCUT2D eigenvalue weighted by atomic mass is 31.2. The second-order valence-electron chi connectivity index (χ2n) is 30.6. The predicted molar refractivity (Wildman–Crippen MR) is 418 cm³/mol. The third-order valence-electron chi connectivity index (χ3n) is 19.8. The molecule has 0 rings (SSSR count). The van der Waals surface area contributed by atoms with E-state index in [2.05, 4.69) is 41.5 Å². The number of hydrogen-bond donors (Lipinski definition) is 3. The van der Waals surface area contributed by atoms with Crippen LogP contribution in [0.2, 0.25) is 0 Å². The van der Waals surface area contributed by atoms with Gasteiger partial charge in [-0.15, -0.1) is 0 Å². The zero-order valence-corrected chi connectivity index (χ0v) is 68.7. The summed E-state index contributed by atoms with van der Waals surface area (Å²) in [5.41, 5.74) is 0. The van der Waals surface area contributed by atoms with E-state index in [1.54, 1.807) is 0 Å². The van der Waals surface area contributed by atoms with Gasteiger partial charge in [-0.1, -0.05) is 388 Å². The Kier molecular flexibility index (Phi) is 73.1. The lowest BCUT2D eigenvalue weighted by Gasteiger charge is -2.21. The molecule has 17 nitrogen and oxygen atoms in total. The standard InChI is InChI=1S/C83H162O17P2/c1-7-10-12-14-15-16-17-18-19-28-34-39-44-49-55-61-67-82(87)99-78(71-93-80(85)65-59-51-13-11-8-2)73-97-101(89,90)95-69-77(84)70-96-102(91,92)98-74-79(72-94-81(86)66-60-54-48-43-38-33-29-25-24-26-31-36-41-46-52-57-63-75(4)5)100-83(88)68-62-56-50-45-40-35-30-23-21-20-22-27-32-37-42-47-53-58-64-76(6)9-3/h75-79,84H,7-74H2,1-6H3,(H,89,90)(H,91,92)/t76?,77-,78+,79+/m0/s1. The molecule has 0 radical (unpaired) electrons. The highest BCUT2D eigenvalue weighted by Crippen LogP contribution is 2.45. The summed E-state index contributed by atoms with van der Waals surface area (Å²) in [6, 6.07) is 0. The van der Waals surface area contributed by atoms with Gasteiger partial charge in [0.2, 0.25) is 0 Å². The average Bonchev–Trinajstić information content (AvgIpc) is 0.908. The van der Waals surface area contributed by atoms with Gasteiger partial charge in [-0.2, -0.15) is 0 Å². The number of ether oxygens (including phenoxy) is 4. The molecule has 0 aliphatic rings. The van der Waals surface area contributed by atoms with Crippen molar-refractivity contribution in [1.82, 2.24) is 0 Å². The van der Waals surface area contributed by atoms with Crippen molar-refractivity contribution >= 4 is 39.5 Å². The average molecular weight is 1490 g/mol. The fraction of sp³-hybridized carbons (Fsp3) is 0.952. The van der Waals surface area contributed by atoms with Crippen molar-refractivity contribution in [3.05, 3.63) is 0 Å². The predicted octanol–water partition coefficient (Wildman–Crippen LogP) is 25.1. The lowest BCUT2D eigenvalue weighted by atomic mass is 9.99. The van der Waals surface area contributed by atoms with Crippen molar-refractivity contribution in [3.63, 3.8) is 0 Å². The van der Waals surface area contributed by atoms with Crippen LogP contribution in [-0.4, -0.2) is 96.7 Å². The van der Waals surface area contributed by atoms with Crippen LogP contribution in [0.5, 0.6) is 0 Å². The molecule has 0 aromatic carbocycles. The largest absolute Gasteiger partial charge is 0.472 e. The van der Waals surface area contributed by atoms with E-state index in [1.807, 2.05) is 0 Å². The first kappa shape index (κ1) is 100. The molecule has 0 aromatic rings. The number of rotatable bonds is 82. The van der Waals surface area contributed by atoms with Gasteiger partial charge in [0.1, 0.15) is 19.3 Å². The van der Waals surface area contributed by atoms with Crippen molar-refractivity contribution in [2.24, 2.45) is 11.8 Å². The van der Waals surface area contributed by atoms with Gasteiger partial charge in [-0.05, 0) is 37.5 Å². The fourth-order valence-electron chi connectivity index (χ4n) is 12.9. The maximum absolute atomic E-state index is 13.1. The molecule has 0 bridgehead atoms. The van der Waals surface area contributed by atoms with E-state index in [0.29, 0.717) is 25.7 Å². The Bertz CT molecular complexity index is 1960. The molecule has 3 N–H and O–H groups in total. The lowest BCUT2D eigenvalue weighted by Crippen LogP contribution is -2.30. The molecule has 0 aromatic heterocycles. The number of aliphatic hydroxyl groups excluding tert-OH is 1. The van der Waals surface area contributed by atoms with E-state index in [-0.39, 0.29) is 25.7 Å². The van der Waals surface area contributed by atoms with Crippen molar-refractivity contribution < 1.29 is 80.2 Å². The molecule has 0 aliphatic carbocycles. The van der Waals surface area contributed by atoms with Gasteiger partial charge in [-0.3, -0.25) is 37.3 Å². The first-order valence-corrected chi connectivity index (χ1v) is 46.0. The zero-order chi connectivity index (χ0) is 74.9. The Morgan fingerprint density at radius 2 is 0.500 bits per heavy atom. The molecule has 0 aliphatic heterocycles. The number of hydrogen-bond acceptors (Lipinski definition) is 15. The number of carbonyl (C=O) groups is 4. The first-order valence-electron chi connectivity index (χ1n) is 43.0. The number of esters is 4. The fourth-order valence-corrected chi connectivity index (χ4v) is 14.4. The summed E-state index contributed by atoms with van der Waals surface area (Å²) in [6.07, 6.45) is 65.7. The molecular weight excluding hydrogens is 1330 g/mol. The molecule has 19 heteroatoms. The van der Waals surface area contributed by atoms with Gasteiger partial charge in [0.05, 0.1) is 26.4 Å². The van der Waals surface area contributed by atoms with E-state index in [9.17, 15) is 43.2 Å². The number of phosphoric acid groups is 2. The summed E-state index contributed by atoms with van der Waals surface area (Å²) in [6.45, 7) is 9.66. The van der Waals surface area contributed by atoms with Gasteiger partial charge >= 0.3 is 39.5 Å². The number of phosphoric ester groups is 2. The Hall–Kier alpha value is -1.94. The maximum Gasteiger partial charge on any atom is 0.472 e. The van der Waals surface area contributed by atoms with Crippen LogP contribution in [0.4, 0.5) is 0 Å². The second-order valence-corrected chi connectivity index (χ2v) is 33.5. The Morgan fingerprint density at radius 1 is 0.284 bits per heavy atom. The molecule has 3 unspecified atom stereocenters. The van der Waals surface area contributed by atoms with Gasteiger partial charge in [0, 0.05) is 25.7 Å². The van der Waals surface area contributed by atoms with Crippen LogP contribution < -0.4 is 0 Å². The normalized spacial score (nSPS) is 14.1. The summed E-state index contributed by atoms with van der Waals surface area (Å²) < 4.78 is 68.5. The molecule has 0 fully saturated rings. The van der Waals surface area contributed by atoms with Crippen LogP contribution in [0.1, 0.15) is 440 Å². The Labute approximate surface area is 626 Å². The number of aliphatic hydroxyl groups is 1. The third-order valence-corrected chi connectivity index (χ3v) is 21.7. The molecular formula is C83H162O17P2. The summed E-state index contributed by atoms with van der Waals surface area (Å²) in [5.74, 6) is -0.434. The maximum atomic E-state index is 13.1. The molecule has 0 spiro atoms. The second kappa shape index (κ2) is 74.5. The topological polar surface area (TPSA) is 237 Å². The van der Waals surface area contributed by atoms with Gasteiger partial charge < -0.3 is 33.8 Å². The summed E-state index contributed by atoms with van der Waals surface area (Å²) in [5, 5.41) is 10.6. The van der Waals surface area contributed by atoms with E-state index in [0.717, 1.165) is 108 Å². The molecule has 102 heavy (non-hydrogen) atoms. The van der Waals surface area contributed by atoms with E-state index >= 15 is 0 Å². The molecule has 0 saturated carbocycles. The third kappa shape index (κ3) is 74.9. The van der Waals surface area contributed by atoms with Crippen LogP contribution in [0.25, 0.3) is 0 Å². The summed E-state index contributed by atoms with van der Waals surface area (Å²) in [7, 11) is -9.91. The van der Waals surface area contributed by atoms with E-state index in [1.165, 1.54) is 250 Å². The quantitative estimate of drug-likeness (QED) is 0.0222. The molecule has 6 atom stereocenters. The van der Waals surface area contributed by atoms with Gasteiger partial charge in [0.25, 0.3) is 0 Å². The van der Waals surface area contributed by atoms with Gasteiger partial charge in [0.15, 0.2) is 12.2 Å². The van der Waals surface area contributed by atoms with Crippen molar-refractivity contribution in [2.45, 2.75) is 458 Å². The summed E-state index contributed by atoms with van der Waals surface area (Å²) >= 11 is 0. The highest BCUT2D eigenvalue weighted by molar-refractivity contribution is 7.47. The van der Waals surface area contributed by atoms with Crippen LogP contribution in [0.15, 0.2) is 0 Å². The Balaban J connectivity index is 5.11. The van der Waals surface area contributed by atoms with Crippen LogP contribution in [-0.2, 0) is 65.4 Å². The highest BCUT2D eigenvalue weighted by Gasteiger charge is 2.30. The van der Waals surface area contributed by atoms with Crippen molar-refractivity contribution in [2.75, 3.05) is 39.6 Å². The van der Waals surface area contributed by atoms with Crippen molar-refractivity contribution in [3.8, 4) is 0 Å². The monoisotopic (exact) mass is 1490 g/mol. The minimum Gasteiger partial charge on any atom is -0.462 e. The molecule has 0 amide bonds. The van der Waals surface area contributed by atoms with E-state index < -0.39 is 97.5 Å². The molecule has 0 saturated heterocycles. The zero-order valence-electron chi connectivity index (χ0n) is 66.9. The number of carbonyl (C=O) groups excluding carboxylic acids is 4. The smallest absolute Gasteiger partial charge is 0.462 e. The lowest BCUT2D eigenvalue weighted by molar-refractivity contribution is -0.161. The van der Waals surface area contributed by atoms with Gasteiger partial charge in [-0.25, -0.2) is 9.13 Å².